The van der Waals surface area contributed by atoms with Crippen LogP contribution in [0.15, 0.2) is 159 Å². The van der Waals surface area contributed by atoms with Gasteiger partial charge in [0.25, 0.3) is 0 Å². The number of nitrogens with zero attached hydrogens (tertiary/aromatic N) is 6. The predicted octanol–water partition coefficient (Wildman–Crippen LogP) is 9.78. The molecule has 0 atom stereocenters. The number of aromatic nitrogens is 7. The highest BCUT2D eigenvalue weighted by Crippen LogP contribution is 2.37. The monoisotopic (exact) mass is 631 g/mol. The summed E-state index contributed by atoms with van der Waals surface area (Å²) in [6.45, 7) is 7.88. The maximum absolute atomic E-state index is 5.07. The Bertz CT molecular complexity index is 2460. The van der Waals surface area contributed by atoms with E-state index >= 15 is 0 Å². The number of hydrogen-bond donors (Lipinski definition) is 1. The maximum Gasteiger partial charge on any atom is 0.166 e. The molecule has 0 aliphatic rings. The molecule has 0 radical (unpaired) electrons. The zero-order valence-electron chi connectivity index (χ0n) is 26.5. The van der Waals surface area contributed by atoms with E-state index in [9.17, 15) is 0 Å². The normalized spacial score (nSPS) is 11.6. The second kappa shape index (κ2) is 12.7. The fraction of sp³-hybridized carbons (Fsp3) is 0. The van der Waals surface area contributed by atoms with Crippen LogP contribution in [0.1, 0.15) is 5.82 Å². The number of H-pyrrole nitrogens is 1. The molecule has 0 fully saturated rings. The first-order chi connectivity index (χ1) is 24.2. The van der Waals surface area contributed by atoms with Crippen LogP contribution in [0.2, 0.25) is 0 Å². The molecule has 0 aliphatic heterocycles. The van der Waals surface area contributed by atoms with Gasteiger partial charge in [0.05, 0.1) is 5.52 Å². The Kier molecular flexibility index (Phi) is 7.68. The Labute approximate surface area is 283 Å². The second-order valence-corrected chi connectivity index (χ2v) is 11.4. The molecule has 8 rings (SSSR count). The van der Waals surface area contributed by atoms with Crippen LogP contribution in [0, 0.1) is 0 Å². The van der Waals surface area contributed by atoms with Crippen molar-refractivity contribution >= 4 is 27.4 Å². The lowest BCUT2D eigenvalue weighted by Crippen LogP contribution is -2.03. The average Bonchev–Trinajstić information content (AvgIpc) is 3.56. The summed E-state index contributed by atoms with van der Waals surface area (Å²) >= 11 is 0. The Hall–Kier alpha value is -6.86. The second-order valence-electron chi connectivity index (χ2n) is 11.4. The van der Waals surface area contributed by atoms with Gasteiger partial charge >= 0.3 is 0 Å². The van der Waals surface area contributed by atoms with Crippen molar-refractivity contribution in [3.05, 3.63) is 165 Å². The lowest BCUT2D eigenvalue weighted by Gasteiger charge is -2.12. The number of para-hydroxylation sites is 1. The molecule has 232 valence electrons. The van der Waals surface area contributed by atoms with Gasteiger partial charge in [0.2, 0.25) is 0 Å². The van der Waals surface area contributed by atoms with Crippen LogP contribution in [-0.2, 0) is 0 Å². The lowest BCUT2D eigenvalue weighted by molar-refractivity contribution is 1.04. The highest BCUT2D eigenvalue weighted by atomic mass is 15.0. The van der Waals surface area contributed by atoms with Crippen LogP contribution in [0.4, 0.5) is 0 Å². The fourth-order valence-electron chi connectivity index (χ4n) is 5.90. The van der Waals surface area contributed by atoms with Crippen molar-refractivity contribution in [2.75, 3.05) is 0 Å². The minimum Gasteiger partial charge on any atom is -0.354 e. The molecule has 0 aliphatic carbocycles. The van der Waals surface area contributed by atoms with Gasteiger partial charge in [0.1, 0.15) is 0 Å². The van der Waals surface area contributed by atoms with Gasteiger partial charge in [-0.1, -0.05) is 141 Å². The zero-order chi connectivity index (χ0) is 33.2. The summed E-state index contributed by atoms with van der Waals surface area (Å²) in [5.74, 6) is 3.25. The fourth-order valence-corrected chi connectivity index (χ4v) is 5.90. The molecule has 0 saturated heterocycles. The van der Waals surface area contributed by atoms with Crippen molar-refractivity contribution in [3.8, 4) is 56.9 Å². The van der Waals surface area contributed by atoms with Crippen LogP contribution in [0.5, 0.6) is 0 Å². The van der Waals surface area contributed by atoms with Crippen molar-refractivity contribution in [3.63, 3.8) is 0 Å². The van der Waals surface area contributed by atoms with E-state index in [1.54, 1.807) is 12.2 Å². The van der Waals surface area contributed by atoms with Gasteiger partial charge in [0.15, 0.2) is 34.9 Å². The summed E-state index contributed by atoms with van der Waals surface area (Å²) in [5, 5.41) is 2.07. The third-order valence-electron chi connectivity index (χ3n) is 8.26. The van der Waals surface area contributed by atoms with Crippen LogP contribution in [0.3, 0.4) is 0 Å². The number of rotatable bonds is 8. The highest BCUT2D eigenvalue weighted by molar-refractivity contribution is 6.13. The summed E-state index contributed by atoms with van der Waals surface area (Å²) in [4.78, 5) is 33.6. The summed E-state index contributed by atoms with van der Waals surface area (Å²) in [6.07, 6.45) is 5.27. The van der Waals surface area contributed by atoms with E-state index in [2.05, 4.69) is 42.4 Å². The summed E-state index contributed by atoms with van der Waals surface area (Å²) in [6, 6.07) is 42.2. The van der Waals surface area contributed by atoms with Gasteiger partial charge in [-0.3, -0.25) is 0 Å². The minimum absolute atomic E-state index is 0.497. The third-order valence-corrected chi connectivity index (χ3v) is 8.26. The molecule has 7 heteroatoms. The molecule has 3 heterocycles. The van der Waals surface area contributed by atoms with Gasteiger partial charge in [-0.25, -0.2) is 29.9 Å². The van der Waals surface area contributed by atoms with E-state index in [0.29, 0.717) is 34.9 Å². The molecule has 0 amide bonds. The molecule has 49 heavy (non-hydrogen) atoms. The first-order valence-electron chi connectivity index (χ1n) is 15.9. The predicted molar refractivity (Wildman–Crippen MR) is 198 cm³/mol. The van der Waals surface area contributed by atoms with E-state index in [1.807, 2.05) is 109 Å². The quantitative estimate of drug-likeness (QED) is 0.168. The molecule has 0 bridgehead atoms. The Morgan fingerprint density at radius 3 is 1.53 bits per heavy atom. The Balaban J connectivity index is 1.43. The van der Waals surface area contributed by atoms with Gasteiger partial charge in [0, 0.05) is 49.7 Å². The molecule has 0 spiro atoms. The van der Waals surface area contributed by atoms with Crippen molar-refractivity contribution in [1.82, 2.24) is 34.9 Å². The van der Waals surface area contributed by atoms with Crippen molar-refractivity contribution in [1.29, 1.82) is 0 Å². The zero-order valence-corrected chi connectivity index (χ0v) is 26.5. The van der Waals surface area contributed by atoms with E-state index in [1.165, 1.54) is 0 Å². The first kappa shape index (κ1) is 29.5. The average molecular weight is 632 g/mol. The number of benzene rings is 5. The van der Waals surface area contributed by atoms with Gasteiger partial charge in [-0.15, -0.1) is 0 Å². The topological polar surface area (TPSA) is 93.1 Å². The summed E-state index contributed by atoms with van der Waals surface area (Å²) in [7, 11) is 0. The number of nitrogens with one attached hydrogen (secondary N) is 1. The van der Waals surface area contributed by atoms with E-state index < -0.39 is 0 Å². The smallest absolute Gasteiger partial charge is 0.166 e. The molecule has 0 unspecified atom stereocenters. The van der Waals surface area contributed by atoms with Gasteiger partial charge in [-0.05, 0) is 18.2 Å². The Morgan fingerprint density at radius 1 is 0.490 bits per heavy atom. The lowest BCUT2D eigenvalue weighted by atomic mass is 10.0. The van der Waals surface area contributed by atoms with Crippen LogP contribution >= 0.6 is 0 Å². The van der Waals surface area contributed by atoms with Gasteiger partial charge in [-0.2, -0.15) is 0 Å². The third kappa shape index (κ3) is 5.70. The molecule has 3 aromatic heterocycles. The molecule has 8 aromatic rings. The van der Waals surface area contributed by atoms with E-state index in [0.717, 1.165) is 55.2 Å². The molecule has 0 saturated carbocycles. The van der Waals surface area contributed by atoms with Crippen molar-refractivity contribution < 1.29 is 0 Å². The van der Waals surface area contributed by atoms with E-state index in [-0.39, 0.29) is 0 Å². The number of allylic oxidation sites excluding steroid dienone is 4. The van der Waals surface area contributed by atoms with Crippen molar-refractivity contribution in [2.24, 2.45) is 0 Å². The van der Waals surface area contributed by atoms with Gasteiger partial charge < -0.3 is 4.98 Å². The Morgan fingerprint density at radius 2 is 0.980 bits per heavy atom. The van der Waals surface area contributed by atoms with Crippen LogP contribution in [0.25, 0.3) is 84.3 Å². The highest BCUT2D eigenvalue weighted by Gasteiger charge is 2.20. The van der Waals surface area contributed by atoms with Crippen LogP contribution < -0.4 is 0 Å². The summed E-state index contributed by atoms with van der Waals surface area (Å²) in [5.41, 5.74) is 6.90. The van der Waals surface area contributed by atoms with E-state index in [4.69, 9.17) is 29.9 Å². The SMILES string of the molecule is C=C/C=C(\C=C)c1nc(-c2ccccc2)nc(-c2cc(-c3nc(-c4ccccc4)nc(-c4ccccc4)n3)c3[nH]c4ccccc4c3c2)n1. The molecule has 5 aromatic carbocycles. The number of aromatic amines is 1. The number of hydrogen-bond acceptors (Lipinski definition) is 6. The number of fused-ring (bicyclic) bond motifs is 3. The standard InChI is InChI=1S/C42H29N7/c1-3-16-27(4-2)37-44-38(28-17-8-5-9-18-28)47-41(45-37)31-25-33-32-23-14-15-24-35(32)43-36(33)34(26-31)42-48-39(29-19-10-6-11-20-29)46-40(49-42)30-21-12-7-13-22-30/h3-26,43H,1-2H2/b27-16+. The molecule has 7 nitrogen and oxygen atoms in total. The summed E-state index contributed by atoms with van der Waals surface area (Å²) < 4.78 is 0. The maximum atomic E-state index is 5.07. The first-order valence-corrected chi connectivity index (χ1v) is 15.9. The van der Waals surface area contributed by atoms with Crippen molar-refractivity contribution in [2.45, 2.75) is 0 Å². The molecular weight excluding hydrogens is 603 g/mol. The minimum atomic E-state index is 0.497. The van der Waals surface area contributed by atoms with Crippen LogP contribution in [-0.4, -0.2) is 34.9 Å². The molecular formula is C42H29N7. The largest absolute Gasteiger partial charge is 0.354 e. The molecule has 1 N–H and O–H groups in total.